The van der Waals surface area contributed by atoms with Gasteiger partial charge in [-0.25, -0.2) is 0 Å². The Bertz CT molecular complexity index is 1120. The fraction of sp³-hybridized carbons (Fsp3) is 0.208. The lowest BCUT2D eigenvalue weighted by Gasteiger charge is -2.20. The molecule has 3 aromatic rings. The van der Waals surface area contributed by atoms with Crippen molar-refractivity contribution in [2.24, 2.45) is 5.92 Å². The van der Waals surface area contributed by atoms with Gasteiger partial charge in [0.05, 0.1) is 12.2 Å². The molecule has 2 heterocycles. The van der Waals surface area contributed by atoms with Gasteiger partial charge in [-0.2, -0.15) is 0 Å². The highest BCUT2D eigenvalue weighted by Crippen LogP contribution is 2.30. The van der Waals surface area contributed by atoms with Crippen molar-refractivity contribution >= 4 is 34.8 Å². The Balaban J connectivity index is 1.38. The summed E-state index contributed by atoms with van der Waals surface area (Å²) in [6.45, 7) is 4.34. The fourth-order valence-electron chi connectivity index (χ4n) is 3.63. The summed E-state index contributed by atoms with van der Waals surface area (Å²) in [6.07, 6.45) is 1.61. The zero-order valence-electron chi connectivity index (χ0n) is 17.3. The second-order valence-corrected chi connectivity index (χ2v) is 7.62. The first kappa shape index (κ1) is 20.4. The second kappa shape index (κ2) is 8.47. The van der Waals surface area contributed by atoms with Crippen molar-refractivity contribution in [1.29, 1.82) is 0 Å². The number of aryl methyl sites for hydroxylation is 1. The Morgan fingerprint density at radius 2 is 1.68 bits per heavy atom. The lowest BCUT2D eigenvalue weighted by atomic mass is 10.1. The summed E-state index contributed by atoms with van der Waals surface area (Å²) in [6, 6.07) is 15.9. The molecule has 1 saturated heterocycles. The quantitative estimate of drug-likeness (QED) is 0.653. The number of hydrogen-bond donors (Lipinski definition) is 2. The van der Waals surface area contributed by atoms with E-state index in [0.717, 1.165) is 16.8 Å². The highest BCUT2D eigenvalue weighted by Gasteiger charge is 2.35. The van der Waals surface area contributed by atoms with Gasteiger partial charge >= 0.3 is 0 Å². The minimum atomic E-state index is -0.425. The van der Waals surface area contributed by atoms with E-state index in [9.17, 15) is 14.4 Å². The molecule has 158 valence electrons. The molecule has 7 nitrogen and oxygen atoms in total. The van der Waals surface area contributed by atoms with E-state index < -0.39 is 5.92 Å². The predicted octanol–water partition coefficient (Wildman–Crippen LogP) is 4.14. The summed E-state index contributed by atoms with van der Waals surface area (Å²) in [7, 11) is 0. The number of benzene rings is 2. The van der Waals surface area contributed by atoms with E-state index in [0.29, 0.717) is 17.9 Å². The van der Waals surface area contributed by atoms with Gasteiger partial charge in [0.1, 0.15) is 0 Å². The van der Waals surface area contributed by atoms with Crippen molar-refractivity contribution in [3.05, 3.63) is 77.7 Å². The molecular weight excluding hydrogens is 394 g/mol. The fourth-order valence-corrected chi connectivity index (χ4v) is 3.63. The molecular formula is C24H23N3O4. The van der Waals surface area contributed by atoms with Crippen LogP contribution >= 0.6 is 0 Å². The maximum Gasteiger partial charge on any atom is 0.291 e. The number of rotatable bonds is 5. The average molecular weight is 417 g/mol. The molecule has 1 aliphatic heterocycles. The van der Waals surface area contributed by atoms with E-state index in [1.165, 1.54) is 6.26 Å². The van der Waals surface area contributed by atoms with Gasteiger partial charge < -0.3 is 20.0 Å². The van der Waals surface area contributed by atoms with E-state index in [2.05, 4.69) is 10.6 Å². The minimum Gasteiger partial charge on any atom is -0.459 e. The molecule has 3 amide bonds. The van der Waals surface area contributed by atoms with Gasteiger partial charge in [0.25, 0.3) is 5.91 Å². The maximum atomic E-state index is 12.7. The minimum absolute atomic E-state index is 0.0511. The molecule has 2 aromatic carbocycles. The van der Waals surface area contributed by atoms with Crippen LogP contribution in [0.1, 0.15) is 28.1 Å². The largest absolute Gasteiger partial charge is 0.459 e. The van der Waals surface area contributed by atoms with Gasteiger partial charge in [0.15, 0.2) is 5.76 Å². The predicted molar refractivity (Wildman–Crippen MR) is 118 cm³/mol. The first-order chi connectivity index (χ1) is 14.9. The van der Waals surface area contributed by atoms with Crippen LogP contribution in [0.2, 0.25) is 0 Å². The molecule has 31 heavy (non-hydrogen) atoms. The standard InChI is InChI=1S/C24H23N3O4/c1-15-5-3-6-20(16(15)2)27-14-17(13-22(27)28)23(29)25-18-8-10-19(11-9-18)26-24(30)21-7-4-12-31-21/h3-12,17H,13-14H2,1-2H3,(H,25,29)(H,26,30). The Morgan fingerprint density at radius 3 is 2.35 bits per heavy atom. The molecule has 1 aromatic heterocycles. The third-order valence-corrected chi connectivity index (χ3v) is 5.52. The number of nitrogens with zero attached hydrogens (tertiary/aromatic N) is 1. The lowest BCUT2D eigenvalue weighted by molar-refractivity contribution is -0.122. The van der Waals surface area contributed by atoms with Crippen LogP contribution in [0.4, 0.5) is 17.1 Å². The number of carbonyl (C=O) groups is 3. The van der Waals surface area contributed by atoms with Gasteiger partial charge in [-0.1, -0.05) is 12.1 Å². The third kappa shape index (κ3) is 4.35. The highest BCUT2D eigenvalue weighted by molar-refractivity contribution is 6.04. The first-order valence-electron chi connectivity index (χ1n) is 10.0. The molecule has 4 rings (SSSR count). The third-order valence-electron chi connectivity index (χ3n) is 5.52. The van der Waals surface area contributed by atoms with E-state index in [1.807, 2.05) is 32.0 Å². The van der Waals surface area contributed by atoms with Crippen LogP contribution in [0, 0.1) is 19.8 Å². The lowest BCUT2D eigenvalue weighted by Crippen LogP contribution is -2.28. The van der Waals surface area contributed by atoms with Crippen molar-refractivity contribution in [2.45, 2.75) is 20.3 Å². The zero-order valence-corrected chi connectivity index (χ0v) is 17.3. The normalized spacial score (nSPS) is 15.7. The van der Waals surface area contributed by atoms with Crippen molar-refractivity contribution in [3.63, 3.8) is 0 Å². The Morgan fingerprint density at radius 1 is 0.968 bits per heavy atom. The van der Waals surface area contributed by atoms with Crippen LogP contribution in [0.25, 0.3) is 0 Å². The van der Waals surface area contributed by atoms with Crippen LogP contribution in [0.5, 0.6) is 0 Å². The molecule has 0 spiro atoms. The summed E-state index contributed by atoms with van der Waals surface area (Å²) in [5.74, 6) is -0.807. The summed E-state index contributed by atoms with van der Waals surface area (Å²) < 4.78 is 5.06. The zero-order chi connectivity index (χ0) is 22.0. The van der Waals surface area contributed by atoms with E-state index >= 15 is 0 Å². The van der Waals surface area contributed by atoms with Crippen LogP contribution in [-0.4, -0.2) is 24.3 Å². The van der Waals surface area contributed by atoms with Gasteiger partial charge in [-0.3, -0.25) is 14.4 Å². The Kier molecular flexibility index (Phi) is 5.58. The molecule has 0 aliphatic carbocycles. The summed E-state index contributed by atoms with van der Waals surface area (Å²) >= 11 is 0. The van der Waals surface area contributed by atoms with Crippen molar-refractivity contribution < 1.29 is 18.8 Å². The van der Waals surface area contributed by atoms with Crippen molar-refractivity contribution in [1.82, 2.24) is 0 Å². The van der Waals surface area contributed by atoms with Gasteiger partial charge in [0, 0.05) is 30.0 Å². The molecule has 1 aliphatic rings. The van der Waals surface area contributed by atoms with E-state index in [4.69, 9.17) is 4.42 Å². The molecule has 1 fully saturated rings. The highest BCUT2D eigenvalue weighted by atomic mass is 16.3. The summed E-state index contributed by atoms with van der Waals surface area (Å²) in [5.41, 5.74) is 4.19. The number of hydrogen-bond acceptors (Lipinski definition) is 4. The molecule has 0 saturated carbocycles. The first-order valence-corrected chi connectivity index (χ1v) is 10.0. The number of anilines is 3. The number of furan rings is 1. The van der Waals surface area contributed by atoms with E-state index in [-0.39, 0.29) is 29.9 Å². The monoisotopic (exact) mass is 417 g/mol. The number of nitrogens with one attached hydrogen (secondary N) is 2. The van der Waals surface area contributed by atoms with E-state index in [1.54, 1.807) is 41.3 Å². The van der Waals surface area contributed by atoms with Gasteiger partial charge in [-0.05, 0) is 67.4 Å². The van der Waals surface area contributed by atoms with Crippen LogP contribution in [-0.2, 0) is 9.59 Å². The topological polar surface area (TPSA) is 91.7 Å². The Hall–Kier alpha value is -3.87. The molecule has 0 bridgehead atoms. The average Bonchev–Trinajstić information content (AvgIpc) is 3.42. The Labute approximate surface area is 180 Å². The molecule has 7 heteroatoms. The number of amides is 3. The van der Waals surface area contributed by atoms with Crippen LogP contribution in [0.3, 0.4) is 0 Å². The SMILES string of the molecule is Cc1cccc(N2CC(C(=O)Nc3ccc(NC(=O)c4ccco4)cc3)CC2=O)c1C. The maximum absolute atomic E-state index is 12.7. The molecule has 1 atom stereocenters. The van der Waals surface area contributed by atoms with Gasteiger partial charge in [-0.15, -0.1) is 0 Å². The van der Waals surface area contributed by atoms with Crippen LogP contribution < -0.4 is 15.5 Å². The number of carbonyl (C=O) groups excluding carboxylic acids is 3. The van der Waals surface area contributed by atoms with Gasteiger partial charge in [0.2, 0.25) is 11.8 Å². The smallest absolute Gasteiger partial charge is 0.291 e. The van der Waals surface area contributed by atoms with Crippen molar-refractivity contribution in [2.75, 3.05) is 22.1 Å². The van der Waals surface area contributed by atoms with Crippen LogP contribution in [0.15, 0.2) is 65.3 Å². The summed E-state index contributed by atoms with van der Waals surface area (Å²) in [4.78, 5) is 39.0. The molecule has 0 radical (unpaired) electrons. The molecule has 2 N–H and O–H groups in total. The molecule has 1 unspecified atom stereocenters. The van der Waals surface area contributed by atoms with Crippen molar-refractivity contribution in [3.8, 4) is 0 Å². The second-order valence-electron chi connectivity index (χ2n) is 7.62. The summed E-state index contributed by atoms with van der Waals surface area (Å²) in [5, 5.41) is 5.58.